The molecule has 5 rings (SSSR count). The molecule has 130 valence electrons. The fourth-order valence-electron chi connectivity index (χ4n) is 3.61. The Labute approximate surface area is 151 Å². The van der Waals surface area contributed by atoms with Gasteiger partial charge in [0.15, 0.2) is 11.5 Å². The van der Waals surface area contributed by atoms with Crippen LogP contribution in [-0.2, 0) is 7.05 Å². The van der Waals surface area contributed by atoms with Crippen LogP contribution in [0.25, 0.3) is 16.9 Å². The number of nitrogens with zero attached hydrogens (tertiary/aromatic N) is 6. The summed E-state index contributed by atoms with van der Waals surface area (Å²) in [6.45, 7) is 3.98. The summed E-state index contributed by atoms with van der Waals surface area (Å²) in [6.07, 6.45) is 4.99. The standard InChI is InChI=1S/C20H20N6/c1-12-10-21-13(2)19-23-18(24-26(12)19)15-9-16(15)20-22-17(11-25(20)3)14-7-5-4-6-8-14/h4-8,10-11,15-16H,9H2,1-3H3/t15-,16-/m1/s1. The molecule has 1 fully saturated rings. The predicted octanol–water partition coefficient (Wildman–Crippen LogP) is 3.41. The fourth-order valence-corrected chi connectivity index (χ4v) is 3.61. The first-order valence-electron chi connectivity index (χ1n) is 8.89. The van der Waals surface area contributed by atoms with Crippen molar-refractivity contribution in [1.82, 2.24) is 29.1 Å². The zero-order valence-corrected chi connectivity index (χ0v) is 15.1. The van der Waals surface area contributed by atoms with Crippen molar-refractivity contribution in [3.05, 3.63) is 65.8 Å². The highest BCUT2D eigenvalue weighted by molar-refractivity contribution is 5.58. The first-order chi connectivity index (χ1) is 12.6. The highest BCUT2D eigenvalue weighted by Crippen LogP contribution is 2.53. The quantitative estimate of drug-likeness (QED) is 0.571. The van der Waals surface area contributed by atoms with Gasteiger partial charge in [-0.15, -0.1) is 0 Å². The summed E-state index contributed by atoms with van der Waals surface area (Å²) in [5.41, 5.74) is 4.94. The van der Waals surface area contributed by atoms with Crippen molar-refractivity contribution < 1.29 is 0 Å². The molecule has 26 heavy (non-hydrogen) atoms. The zero-order valence-electron chi connectivity index (χ0n) is 15.1. The Morgan fingerprint density at radius 2 is 1.85 bits per heavy atom. The number of rotatable bonds is 3. The molecule has 0 saturated heterocycles. The summed E-state index contributed by atoms with van der Waals surface area (Å²) in [5.74, 6) is 2.72. The summed E-state index contributed by atoms with van der Waals surface area (Å²) < 4.78 is 4.04. The fraction of sp³-hybridized carbons (Fsp3) is 0.300. The first kappa shape index (κ1) is 15.3. The molecular weight excluding hydrogens is 324 g/mol. The van der Waals surface area contributed by atoms with E-state index in [2.05, 4.69) is 34.9 Å². The summed E-state index contributed by atoms with van der Waals surface area (Å²) in [7, 11) is 2.07. The van der Waals surface area contributed by atoms with Crippen molar-refractivity contribution >= 4 is 5.65 Å². The van der Waals surface area contributed by atoms with Crippen LogP contribution >= 0.6 is 0 Å². The predicted molar refractivity (Wildman–Crippen MR) is 99.0 cm³/mol. The van der Waals surface area contributed by atoms with Crippen LogP contribution in [0.1, 0.15) is 41.3 Å². The van der Waals surface area contributed by atoms with Gasteiger partial charge in [0.2, 0.25) is 0 Å². The van der Waals surface area contributed by atoms with E-state index in [1.165, 1.54) is 0 Å². The lowest BCUT2D eigenvalue weighted by molar-refractivity contribution is 0.768. The van der Waals surface area contributed by atoms with E-state index in [4.69, 9.17) is 15.1 Å². The molecule has 1 aromatic carbocycles. The molecule has 0 aliphatic heterocycles. The van der Waals surface area contributed by atoms with Crippen molar-refractivity contribution in [1.29, 1.82) is 0 Å². The molecule has 6 nitrogen and oxygen atoms in total. The van der Waals surface area contributed by atoms with Crippen LogP contribution in [0.4, 0.5) is 0 Å². The van der Waals surface area contributed by atoms with E-state index in [1.54, 1.807) is 0 Å². The van der Waals surface area contributed by atoms with Crippen LogP contribution in [0.3, 0.4) is 0 Å². The lowest BCUT2D eigenvalue weighted by atomic mass is 10.2. The topological polar surface area (TPSA) is 60.9 Å². The Kier molecular flexibility index (Phi) is 3.22. The van der Waals surface area contributed by atoms with E-state index in [1.807, 2.05) is 42.8 Å². The van der Waals surface area contributed by atoms with Gasteiger partial charge >= 0.3 is 0 Å². The summed E-state index contributed by atoms with van der Waals surface area (Å²) in [5, 5.41) is 4.73. The average Bonchev–Trinajstić information content (AvgIpc) is 3.13. The van der Waals surface area contributed by atoms with Gasteiger partial charge in [-0.25, -0.2) is 14.5 Å². The maximum Gasteiger partial charge on any atom is 0.177 e. The Balaban J connectivity index is 1.47. The molecule has 0 N–H and O–H groups in total. The molecule has 3 aromatic heterocycles. The molecule has 1 aliphatic rings. The van der Waals surface area contributed by atoms with Crippen molar-refractivity contribution in [2.24, 2.45) is 7.05 Å². The number of fused-ring (bicyclic) bond motifs is 1. The first-order valence-corrected chi connectivity index (χ1v) is 8.89. The number of hydrogen-bond acceptors (Lipinski definition) is 4. The van der Waals surface area contributed by atoms with Crippen LogP contribution < -0.4 is 0 Å². The number of aromatic nitrogens is 6. The number of hydrogen-bond donors (Lipinski definition) is 0. The van der Waals surface area contributed by atoms with E-state index in [-0.39, 0.29) is 0 Å². The monoisotopic (exact) mass is 344 g/mol. The molecule has 0 bridgehead atoms. The highest BCUT2D eigenvalue weighted by Gasteiger charge is 2.45. The molecule has 2 atom stereocenters. The average molecular weight is 344 g/mol. The maximum absolute atomic E-state index is 4.90. The minimum atomic E-state index is 0.332. The molecule has 0 amide bonds. The second-order valence-electron chi connectivity index (χ2n) is 7.10. The normalized spacial score (nSPS) is 19.2. The van der Waals surface area contributed by atoms with Crippen LogP contribution in [0, 0.1) is 13.8 Å². The minimum Gasteiger partial charge on any atom is -0.337 e. The Bertz CT molecular complexity index is 1070. The van der Waals surface area contributed by atoms with E-state index in [0.717, 1.165) is 46.4 Å². The third-order valence-corrected chi connectivity index (χ3v) is 5.16. The Morgan fingerprint density at radius 3 is 2.62 bits per heavy atom. The van der Waals surface area contributed by atoms with Gasteiger partial charge in [-0.2, -0.15) is 5.10 Å². The van der Waals surface area contributed by atoms with Crippen molar-refractivity contribution in [3.63, 3.8) is 0 Å². The third-order valence-electron chi connectivity index (χ3n) is 5.16. The maximum atomic E-state index is 4.90. The van der Waals surface area contributed by atoms with E-state index < -0.39 is 0 Å². The van der Waals surface area contributed by atoms with Gasteiger partial charge in [0.1, 0.15) is 5.82 Å². The van der Waals surface area contributed by atoms with Gasteiger partial charge in [0, 0.05) is 36.8 Å². The highest BCUT2D eigenvalue weighted by atomic mass is 15.3. The molecule has 4 aromatic rings. The van der Waals surface area contributed by atoms with Crippen molar-refractivity contribution in [3.8, 4) is 11.3 Å². The Hall–Kier alpha value is -3.02. The smallest absolute Gasteiger partial charge is 0.177 e. The van der Waals surface area contributed by atoms with Crippen LogP contribution in [0.15, 0.2) is 42.7 Å². The van der Waals surface area contributed by atoms with E-state index >= 15 is 0 Å². The van der Waals surface area contributed by atoms with Crippen LogP contribution in [0.2, 0.25) is 0 Å². The van der Waals surface area contributed by atoms with Crippen LogP contribution in [0.5, 0.6) is 0 Å². The van der Waals surface area contributed by atoms with E-state index in [0.29, 0.717) is 11.8 Å². The lowest BCUT2D eigenvalue weighted by Crippen LogP contribution is -1.98. The van der Waals surface area contributed by atoms with Gasteiger partial charge in [-0.3, -0.25) is 4.98 Å². The van der Waals surface area contributed by atoms with Gasteiger partial charge in [0.05, 0.1) is 17.1 Å². The van der Waals surface area contributed by atoms with Gasteiger partial charge in [-0.05, 0) is 20.3 Å². The molecule has 0 radical (unpaired) electrons. The Morgan fingerprint density at radius 1 is 1.04 bits per heavy atom. The van der Waals surface area contributed by atoms with Crippen molar-refractivity contribution in [2.45, 2.75) is 32.1 Å². The largest absolute Gasteiger partial charge is 0.337 e. The summed E-state index contributed by atoms with van der Waals surface area (Å²) in [4.78, 5) is 14.0. The molecule has 0 unspecified atom stereocenters. The molecule has 1 saturated carbocycles. The van der Waals surface area contributed by atoms with Crippen LogP contribution in [-0.4, -0.2) is 29.1 Å². The molecule has 0 spiro atoms. The molecular formula is C20H20N6. The second-order valence-corrected chi connectivity index (χ2v) is 7.10. The van der Waals surface area contributed by atoms with E-state index in [9.17, 15) is 0 Å². The second kappa shape index (κ2) is 5.49. The molecule has 3 heterocycles. The summed E-state index contributed by atoms with van der Waals surface area (Å²) in [6, 6.07) is 10.3. The number of imidazole rings is 1. The lowest BCUT2D eigenvalue weighted by Gasteiger charge is -1.98. The van der Waals surface area contributed by atoms with Gasteiger partial charge in [-0.1, -0.05) is 30.3 Å². The number of aryl methyl sites for hydroxylation is 3. The zero-order chi connectivity index (χ0) is 17.8. The van der Waals surface area contributed by atoms with Gasteiger partial charge < -0.3 is 4.57 Å². The minimum absolute atomic E-state index is 0.332. The van der Waals surface area contributed by atoms with Gasteiger partial charge in [0.25, 0.3) is 0 Å². The SMILES string of the molecule is Cc1ncc(C)n2nc([C@@H]3C[C@H]3c3nc(-c4ccccc4)cn3C)nc12. The molecule has 1 aliphatic carbocycles. The third kappa shape index (κ3) is 2.33. The molecule has 6 heteroatoms. The summed E-state index contributed by atoms with van der Waals surface area (Å²) >= 11 is 0. The van der Waals surface area contributed by atoms with Crippen molar-refractivity contribution in [2.75, 3.05) is 0 Å². The number of benzene rings is 1.